The predicted octanol–water partition coefficient (Wildman–Crippen LogP) is 3.09. The second kappa shape index (κ2) is 7.17. The molecule has 1 aliphatic rings. The van der Waals surface area contributed by atoms with Crippen LogP contribution >= 0.6 is 11.6 Å². The zero-order valence-electron chi connectivity index (χ0n) is 14.1. The smallest absolute Gasteiger partial charge is 0.253 e. The first kappa shape index (κ1) is 16.6. The number of anilines is 1. The maximum absolute atomic E-state index is 12.6. The molecule has 1 aromatic carbocycles. The van der Waals surface area contributed by atoms with Gasteiger partial charge in [0.1, 0.15) is 0 Å². The van der Waals surface area contributed by atoms with E-state index in [-0.39, 0.29) is 5.91 Å². The summed E-state index contributed by atoms with van der Waals surface area (Å²) < 4.78 is 0. The molecule has 4 rings (SSSR count). The number of rotatable bonds is 3. The Balaban J connectivity index is 1.40. The van der Waals surface area contributed by atoms with E-state index >= 15 is 0 Å². The third kappa shape index (κ3) is 3.41. The first-order chi connectivity index (χ1) is 12.7. The number of carbonyl (C=O) groups is 1. The van der Waals surface area contributed by atoms with Crippen LogP contribution in [0.15, 0.2) is 54.9 Å². The molecule has 0 aliphatic carbocycles. The fourth-order valence-electron chi connectivity index (χ4n) is 3.06. The van der Waals surface area contributed by atoms with E-state index in [0.29, 0.717) is 23.7 Å². The average Bonchev–Trinajstić information content (AvgIpc) is 3.19. The van der Waals surface area contributed by atoms with E-state index in [1.165, 1.54) is 0 Å². The van der Waals surface area contributed by atoms with Gasteiger partial charge in [-0.05, 0) is 36.4 Å². The molecule has 1 amide bonds. The molecule has 3 heterocycles. The number of hydrogen-bond acceptors (Lipinski definition) is 4. The van der Waals surface area contributed by atoms with Gasteiger partial charge in [-0.1, -0.05) is 11.6 Å². The van der Waals surface area contributed by atoms with Crippen molar-refractivity contribution in [2.45, 2.75) is 0 Å². The van der Waals surface area contributed by atoms with Gasteiger partial charge >= 0.3 is 0 Å². The molecule has 0 radical (unpaired) electrons. The molecule has 1 saturated heterocycles. The summed E-state index contributed by atoms with van der Waals surface area (Å²) in [5, 5.41) is 8.10. The Labute approximate surface area is 156 Å². The highest BCUT2D eigenvalue weighted by Gasteiger charge is 2.23. The van der Waals surface area contributed by atoms with Crippen LogP contribution in [0.5, 0.6) is 0 Å². The third-order valence-corrected chi connectivity index (χ3v) is 4.77. The van der Waals surface area contributed by atoms with Crippen LogP contribution in [0.1, 0.15) is 10.4 Å². The summed E-state index contributed by atoms with van der Waals surface area (Å²) in [6.45, 7) is 2.82. The largest absolute Gasteiger partial charge is 0.352 e. The Morgan fingerprint density at radius 3 is 2.54 bits per heavy atom. The molecule has 0 saturated carbocycles. The zero-order valence-corrected chi connectivity index (χ0v) is 14.9. The van der Waals surface area contributed by atoms with Crippen molar-refractivity contribution in [3.8, 4) is 11.3 Å². The Bertz CT molecular complexity index is 886. The van der Waals surface area contributed by atoms with Crippen LogP contribution in [0.4, 0.5) is 5.82 Å². The van der Waals surface area contributed by atoms with Crippen LogP contribution < -0.4 is 4.90 Å². The normalized spacial score (nSPS) is 14.5. The molecule has 3 aromatic rings. The van der Waals surface area contributed by atoms with Crippen molar-refractivity contribution in [2.75, 3.05) is 31.1 Å². The van der Waals surface area contributed by atoms with Crippen molar-refractivity contribution in [3.05, 3.63) is 65.4 Å². The zero-order chi connectivity index (χ0) is 17.9. The van der Waals surface area contributed by atoms with Gasteiger partial charge in [-0.15, -0.1) is 0 Å². The standard InChI is InChI=1S/C19H18ClN5O/c20-16-5-3-14(4-6-16)19(26)25-10-8-24(9-11-25)18-12-17(22-23-18)15-2-1-7-21-13-15/h1-7,12-13H,8-11H2,(H,22,23). The molecule has 7 heteroatoms. The number of pyridine rings is 1. The molecular formula is C19H18ClN5O. The van der Waals surface area contributed by atoms with Gasteiger partial charge in [-0.2, -0.15) is 5.10 Å². The monoisotopic (exact) mass is 367 g/mol. The molecule has 1 fully saturated rings. The minimum absolute atomic E-state index is 0.0411. The molecule has 0 bridgehead atoms. The van der Waals surface area contributed by atoms with E-state index in [2.05, 4.69) is 20.1 Å². The van der Waals surface area contributed by atoms with Crippen molar-refractivity contribution in [3.63, 3.8) is 0 Å². The molecule has 132 valence electrons. The summed E-state index contributed by atoms with van der Waals surface area (Å²) in [6, 6.07) is 12.9. The van der Waals surface area contributed by atoms with Gasteiger partial charge in [0.2, 0.25) is 0 Å². The van der Waals surface area contributed by atoms with Crippen LogP contribution in [0.25, 0.3) is 11.3 Å². The molecule has 0 unspecified atom stereocenters. The molecule has 1 N–H and O–H groups in total. The minimum atomic E-state index is 0.0411. The quantitative estimate of drug-likeness (QED) is 0.772. The van der Waals surface area contributed by atoms with Gasteiger partial charge in [0.25, 0.3) is 5.91 Å². The number of hydrogen-bond donors (Lipinski definition) is 1. The number of nitrogens with zero attached hydrogens (tertiary/aromatic N) is 4. The van der Waals surface area contributed by atoms with Crippen LogP contribution in [0.3, 0.4) is 0 Å². The number of carbonyl (C=O) groups excluding carboxylic acids is 1. The molecule has 2 aromatic heterocycles. The fraction of sp³-hybridized carbons (Fsp3) is 0.211. The maximum atomic E-state index is 12.6. The molecule has 6 nitrogen and oxygen atoms in total. The fourth-order valence-corrected chi connectivity index (χ4v) is 3.18. The number of nitrogens with one attached hydrogen (secondary N) is 1. The number of halogens is 1. The number of piperazine rings is 1. The highest BCUT2D eigenvalue weighted by molar-refractivity contribution is 6.30. The minimum Gasteiger partial charge on any atom is -0.352 e. The van der Waals surface area contributed by atoms with E-state index < -0.39 is 0 Å². The highest BCUT2D eigenvalue weighted by Crippen LogP contribution is 2.22. The molecule has 0 atom stereocenters. The van der Waals surface area contributed by atoms with Gasteiger partial charge in [0.05, 0.1) is 5.69 Å². The Hall–Kier alpha value is -2.86. The van der Waals surface area contributed by atoms with Crippen LogP contribution in [-0.4, -0.2) is 52.2 Å². The van der Waals surface area contributed by atoms with Crippen molar-refractivity contribution in [2.24, 2.45) is 0 Å². The van der Waals surface area contributed by atoms with Gasteiger partial charge in [0, 0.05) is 60.8 Å². The van der Waals surface area contributed by atoms with E-state index in [0.717, 1.165) is 30.2 Å². The molecular weight excluding hydrogens is 350 g/mol. The van der Waals surface area contributed by atoms with Crippen molar-refractivity contribution in [1.29, 1.82) is 0 Å². The number of aromatic amines is 1. The second-order valence-electron chi connectivity index (χ2n) is 6.17. The van der Waals surface area contributed by atoms with Crippen LogP contribution in [0.2, 0.25) is 5.02 Å². The van der Waals surface area contributed by atoms with E-state index in [9.17, 15) is 4.79 Å². The lowest BCUT2D eigenvalue weighted by Gasteiger charge is -2.34. The van der Waals surface area contributed by atoms with E-state index in [4.69, 9.17) is 11.6 Å². The third-order valence-electron chi connectivity index (χ3n) is 4.52. The number of benzene rings is 1. The van der Waals surface area contributed by atoms with Crippen molar-refractivity contribution < 1.29 is 4.79 Å². The summed E-state index contributed by atoms with van der Waals surface area (Å²) in [4.78, 5) is 20.8. The summed E-state index contributed by atoms with van der Waals surface area (Å²) in [6.07, 6.45) is 3.55. The lowest BCUT2D eigenvalue weighted by molar-refractivity contribution is 0.0746. The van der Waals surface area contributed by atoms with Gasteiger partial charge in [-0.25, -0.2) is 0 Å². The van der Waals surface area contributed by atoms with Gasteiger partial charge in [0.15, 0.2) is 5.82 Å². The Morgan fingerprint density at radius 2 is 1.85 bits per heavy atom. The van der Waals surface area contributed by atoms with E-state index in [1.54, 1.807) is 36.7 Å². The summed E-state index contributed by atoms with van der Waals surface area (Å²) in [5.41, 5.74) is 2.61. The van der Waals surface area contributed by atoms with E-state index in [1.807, 2.05) is 23.1 Å². The Morgan fingerprint density at radius 1 is 1.08 bits per heavy atom. The molecule has 1 aliphatic heterocycles. The predicted molar refractivity (Wildman–Crippen MR) is 101 cm³/mol. The van der Waals surface area contributed by atoms with Crippen LogP contribution in [-0.2, 0) is 0 Å². The summed E-state index contributed by atoms with van der Waals surface area (Å²) in [5.74, 6) is 0.932. The first-order valence-corrected chi connectivity index (χ1v) is 8.84. The summed E-state index contributed by atoms with van der Waals surface area (Å²) >= 11 is 5.89. The Kier molecular flexibility index (Phi) is 4.58. The molecule has 26 heavy (non-hydrogen) atoms. The van der Waals surface area contributed by atoms with Gasteiger partial charge in [-0.3, -0.25) is 14.9 Å². The first-order valence-electron chi connectivity index (χ1n) is 8.46. The average molecular weight is 368 g/mol. The lowest BCUT2D eigenvalue weighted by Crippen LogP contribution is -2.48. The maximum Gasteiger partial charge on any atom is 0.253 e. The lowest BCUT2D eigenvalue weighted by atomic mass is 10.2. The second-order valence-corrected chi connectivity index (χ2v) is 6.60. The summed E-state index contributed by atoms with van der Waals surface area (Å²) in [7, 11) is 0. The van der Waals surface area contributed by atoms with Gasteiger partial charge < -0.3 is 9.80 Å². The molecule has 0 spiro atoms. The van der Waals surface area contributed by atoms with Crippen molar-refractivity contribution in [1.82, 2.24) is 20.1 Å². The number of H-pyrrole nitrogens is 1. The highest BCUT2D eigenvalue weighted by atomic mass is 35.5. The van der Waals surface area contributed by atoms with Crippen molar-refractivity contribution >= 4 is 23.3 Å². The topological polar surface area (TPSA) is 65.1 Å². The van der Waals surface area contributed by atoms with Crippen LogP contribution in [0, 0.1) is 0 Å². The SMILES string of the molecule is O=C(c1ccc(Cl)cc1)N1CCN(c2cc(-c3cccnc3)[nH]n2)CC1. The number of amides is 1. The number of aromatic nitrogens is 3.